The minimum absolute atomic E-state index is 0.0873. The summed E-state index contributed by atoms with van der Waals surface area (Å²) < 4.78 is 20.3. The van der Waals surface area contributed by atoms with Gasteiger partial charge in [-0.2, -0.15) is 0 Å². The molecule has 1 aromatic heterocycles. The number of rotatable bonds is 4. The molecule has 5 rings (SSSR count). The molecule has 0 aliphatic carbocycles. The molecule has 170 valence electrons. The van der Waals surface area contributed by atoms with Crippen molar-refractivity contribution in [1.29, 1.82) is 0 Å². The lowest BCUT2D eigenvalue weighted by Gasteiger charge is -2.23. The Balaban J connectivity index is 1.71. The molecule has 2 heterocycles. The molecule has 0 radical (unpaired) electrons. The van der Waals surface area contributed by atoms with Crippen LogP contribution in [0.15, 0.2) is 76.8 Å². The number of thiazole rings is 1. The molecule has 1 fully saturated rings. The Bertz CT molecular complexity index is 1460. The van der Waals surface area contributed by atoms with E-state index in [9.17, 15) is 19.1 Å². The Labute approximate surface area is 206 Å². The van der Waals surface area contributed by atoms with Crippen LogP contribution in [-0.4, -0.2) is 28.9 Å². The van der Waals surface area contributed by atoms with Crippen LogP contribution in [0.5, 0.6) is 5.75 Å². The summed E-state index contributed by atoms with van der Waals surface area (Å²) in [5.74, 6) is -1.86. The molecule has 3 aromatic carbocycles. The minimum Gasteiger partial charge on any atom is -0.507 e. The Hall–Kier alpha value is -3.56. The first-order valence-electron chi connectivity index (χ1n) is 10.1. The maximum absolute atomic E-state index is 13.4. The molecule has 1 saturated heterocycles. The fourth-order valence-electron chi connectivity index (χ4n) is 3.88. The smallest absolute Gasteiger partial charge is 0.301 e. The van der Waals surface area contributed by atoms with Gasteiger partial charge in [-0.1, -0.05) is 39.4 Å². The number of aromatic nitrogens is 1. The summed E-state index contributed by atoms with van der Waals surface area (Å²) in [6.45, 7) is 0. The van der Waals surface area contributed by atoms with Crippen LogP contribution in [0.1, 0.15) is 17.2 Å². The van der Waals surface area contributed by atoms with Gasteiger partial charge in [0.15, 0.2) is 5.13 Å². The van der Waals surface area contributed by atoms with Crippen molar-refractivity contribution < 1.29 is 23.8 Å². The molecule has 6 nitrogen and oxygen atoms in total. The zero-order chi connectivity index (χ0) is 24.0. The average molecular weight is 539 g/mol. The summed E-state index contributed by atoms with van der Waals surface area (Å²) in [6, 6.07) is 16.6. The van der Waals surface area contributed by atoms with Gasteiger partial charge in [0.05, 0.1) is 28.9 Å². The van der Waals surface area contributed by atoms with Crippen LogP contribution in [0.25, 0.3) is 16.0 Å². The second-order valence-corrected chi connectivity index (χ2v) is 9.48. The first-order valence-corrected chi connectivity index (χ1v) is 11.8. The van der Waals surface area contributed by atoms with E-state index in [1.807, 2.05) is 0 Å². The summed E-state index contributed by atoms with van der Waals surface area (Å²) >= 11 is 4.64. The van der Waals surface area contributed by atoms with Crippen LogP contribution in [0.2, 0.25) is 0 Å². The standard InChI is InChI=1S/C25H16BrFN2O4S/c1-33-17-10-11-18-19(12-17)34-25(28-18)29-21(13-2-6-15(26)7-3-13)20(23(31)24(29)32)22(30)14-4-8-16(27)9-5-14/h2-12,21,30H,1H3/b22-20+. The third-order valence-electron chi connectivity index (χ3n) is 5.54. The predicted molar refractivity (Wildman–Crippen MR) is 131 cm³/mol. The second-order valence-electron chi connectivity index (χ2n) is 7.56. The number of benzene rings is 3. The van der Waals surface area contributed by atoms with E-state index in [2.05, 4.69) is 20.9 Å². The van der Waals surface area contributed by atoms with Crippen molar-refractivity contribution in [2.75, 3.05) is 12.0 Å². The van der Waals surface area contributed by atoms with Gasteiger partial charge in [-0.05, 0) is 60.2 Å². The second kappa shape index (κ2) is 8.66. The number of carbonyl (C=O) groups is 2. The fourth-order valence-corrected chi connectivity index (χ4v) is 5.16. The molecule has 1 amide bonds. The highest BCUT2D eigenvalue weighted by molar-refractivity contribution is 9.10. The van der Waals surface area contributed by atoms with E-state index >= 15 is 0 Å². The van der Waals surface area contributed by atoms with Gasteiger partial charge in [0, 0.05) is 10.0 Å². The number of aliphatic hydroxyl groups is 1. The van der Waals surface area contributed by atoms with E-state index in [4.69, 9.17) is 4.74 Å². The number of halogens is 2. The quantitative estimate of drug-likeness (QED) is 0.201. The summed E-state index contributed by atoms with van der Waals surface area (Å²) in [6.07, 6.45) is 0. The number of hydrogen-bond acceptors (Lipinski definition) is 6. The highest BCUT2D eigenvalue weighted by Gasteiger charge is 2.48. The summed E-state index contributed by atoms with van der Waals surface area (Å²) in [5, 5.41) is 11.4. The van der Waals surface area contributed by atoms with Gasteiger partial charge in [0.2, 0.25) is 0 Å². The van der Waals surface area contributed by atoms with Gasteiger partial charge >= 0.3 is 5.91 Å². The number of amides is 1. The number of ether oxygens (including phenoxy) is 1. The third kappa shape index (κ3) is 3.76. The zero-order valence-electron chi connectivity index (χ0n) is 17.7. The number of anilines is 1. The number of nitrogens with zero attached hydrogens (tertiary/aromatic N) is 2. The molecule has 1 aliphatic rings. The predicted octanol–water partition coefficient (Wildman–Crippen LogP) is 5.83. The maximum atomic E-state index is 13.4. The lowest BCUT2D eigenvalue weighted by atomic mass is 9.95. The van der Waals surface area contributed by atoms with Crippen molar-refractivity contribution in [3.05, 3.63) is 93.7 Å². The molecule has 1 unspecified atom stereocenters. The third-order valence-corrected chi connectivity index (χ3v) is 7.08. The van der Waals surface area contributed by atoms with Crippen LogP contribution < -0.4 is 9.64 Å². The number of methoxy groups -OCH3 is 1. The van der Waals surface area contributed by atoms with Crippen LogP contribution in [0, 0.1) is 5.82 Å². The average Bonchev–Trinajstić information content (AvgIpc) is 3.37. The van der Waals surface area contributed by atoms with Crippen molar-refractivity contribution >= 4 is 60.1 Å². The van der Waals surface area contributed by atoms with Gasteiger partial charge < -0.3 is 9.84 Å². The maximum Gasteiger partial charge on any atom is 0.301 e. The molecule has 1 N–H and O–H groups in total. The van der Waals surface area contributed by atoms with Crippen LogP contribution in [-0.2, 0) is 9.59 Å². The summed E-state index contributed by atoms with van der Waals surface area (Å²) in [7, 11) is 1.56. The topological polar surface area (TPSA) is 79.7 Å². The van der Waals surface area contributed by atoms with Gasteiger partial charge in [0.25, 0.3) is 5.78 Å². The first-order chi connectivity index (χ1) is 16.4. The number of aliphatic hydroxyl groups excluding tert-OH is 1. The SMILES string of the molecule is COc1ccc2nc(N3C(=O)C(=O)/C(=C(/O)c4ccc(F)cc4)C3c3ccc(Br)cc3)sc2c1. The summed E-state index contributed by atoms with van der Waals surface area (Å²) in [5.41, 5.74) is 1.41. The zero-order valence-corrected chi connectivity index (χ0v) is 20.1. The molecule has 34 heavy (non-hydrogen) atoms. The molecular formula is C25H16BrFN2O4S. The Morgan fingerprint density at radius 2 is 1.79 bits per heavy atom. The molecule has 1 aliphatic heterocycles. The van der Waals surface area contributed by atoms with Gasteiger partial charge in [-0.15, -0.1) is 0 Å². The molecule has 4 aromatic rings. The van der Waals surface area contributed by atoms with E-state index in [0.717, 1.165) is 9.17 Å². The van der Waals surface area contributed by atoms with Crippen molar-refractivity contribution in [3.8, 4) is 5.75 Å². The van der Waals surface area contributed by atoms with Gasteiger partial charge in [-0.25, -0.2) is 9.37 Å². The van der Waals surface area contributed by atoms with Crippen molar-refractivity contribution in [2.45, 2.75) is 6.04 Å². The lowest BCUT2D eigenvalue weighted by molar-refractivity contribution is -0.132. The van der Waals surface area contributed by atoms with Crippen LogP contribution in [0.4, 0.5) is 9.52 Å². The molecular weight excluding hydrogens is 523 g/mol. The highest BCUT2D eigenvalue weighted by Crippen LogP contribution is 2.44. The Morgan fingerprint density at radius 1 is 1.09 bits per heavy atom. The number of Topliss-reactive ketones (excluding diaryl/α,β-unsaturated/α-hetero) is 1. The van der Waals surface area contributed by atoms with E-state index in [1.165, 1.54) is 40.5 Å². The monoisotopic (exact) mass is 538 g/mol. The minimum atomic E-state index is -0.916. The highest BCUT2D eigenvalue weighted by atomic mass is 79.9. The number of carbonyl (C=O) groups excluding carboxylic acids is 2. The van der Waals surface area contributed by atoms with Crippen molar-refractivity contribution in [1.82, 2.24) is 4.98 Å². The Kier molecular flexibility index (Phi) is 5.66. The van der Waals surface area contributed by atoms with Gasteiger partial charge in [-0.3, -0.25) is 14.5 Å². The number of hydrogen-bond donors (Lipinski definition) is 1. The van der Waals surface area contributed by atoms with Crippen molar-refractivity contribution in [3.63, 3.8) is 0 Å². The molecule has 0 spiro atoms. The van der Waals surface area contributed by atoms with E-state index in [0.29, 0.717) is 22.0 Å². The lowest BCUT2D eigenvalue weighted by Crippen LogP contribution is -2.29. The first kappa shape index (κ1) is 22.2. The van der Waals surface area contributed by atoms with Crippen LogP contribution >= 0.6 is 27.3 Å². The van der Waals surface area contributed by atoms with Crippen molar-refractivity contribution in [2.24, 2.45) is 0 Å². The van der Waals surface area contributed by atoms with E-state index < -0.39 is 23.5 Å². The molecule has 0 saturated carbocycles. The van der Waals surface area contributed by atoms with Gasteiger partial charge in [0.1, 0.15) is 17.3 Å². The van der Waals surface area contributed by atoms with E-state index in [-0.39, 0.29) is 16.9 Å². The largest absolute Gasteiger partial charge is 0.507 e. The summed E-state index contributed by atoms with van der Waals surface area (Å²) in [4.78, 5) is 32.3. The number of fused-ring (bicyclic) bond motifs is 1. The normalized spacial score (nSPS) is 17.5. The Morgan fingerprint density at radius 3 is 2.47 bits per heavy atom. The van der Waals surface area contributed by atoms with E-state index in [1.54, 1.807) is 49.6 Å². The number of ketones is 1. The molecule has 0 bridgehead atoms. The molecule has 1 atom stereocenters. The molecule has 9 heteroatoms. The van der Waals surface area contributed by atoms with Crippen LogP contribution in [0.3, 0.4) is 0 Å². The fraction of sp³-hybridized carbons (Fsp3) is 0.0800.